The van der Waals surface area contributed by atoms with Crippen LogP contribution in [-0.2, 0) is 43.0 Å². The summed E-state index contributed by atoms with van der Waals surface area (Å²) >= 11 is 5.54. The number of hydrogen-bond acceptors (Lipinski definition) is 12. The molecule has 622 valence electrons. The highest BCUT2D eigenvalue weighted by Gasteiger charge is 2.42. The van der Waals surface area contributed by atoms with Crippen LogP contribution in [0.4, 0.5) is 4.79 Å². The smallest absolute Gasteiger partial charge is 0.408 e. The van der Waals surface area contributed by atoms with E-state index in [1.807, 2.05) is 172 Å². The van der Waals surface area contributed by atoms with E-state index in [1.54, 1.807) is 34.6 Å². The van der Waals surface area contributed by atoms with Crippen molar-refractivity contribution in [1.82, 2.24) is 16.0 Å². The maximum atomic E-state index is 13.2. The van der Waals surface area contributed by atoms with Crippen LogP contribution >= 0.6 is 11.6 Å². The number of aliphatic hydroxyl groups excluding tert-OH is 1. The van der Waals surface area contributed by atoms with Crippen LogP contribution in [0, 0.1) is 74.9 Å². The lowest BCUT2D eigenvalue weighted by Gasteiger charge is -2.37. The fraction of sp³-hybridized carbons (Fsp3) is 0.640. The summed E-state index contributed by atoms with van der Waals surface area (Å²) in [5.74, 6) is 2.02. The zero-order chi connectivity index (χ0) is 83.3. The monoisotopic (exact) mass is 1580 g/mol. The number of benzene rings is 4. The number of esters is 1. The van der Waals surface area contributed by atoms with Gasteiger partial charge in [-0.2, -0.15) is 0 Å². The molecule has 3 amide bonds. The Balaban J connectivity index is -0.000000648. The minimum Gasteiger partial charge on any atom is -1.00 e. The van der Waals surface area contributed by atoms with Crippen LogP contribution in [-0.4, -0.2) is 82.5 Å². The van der Waals surface area contributed by atoms with E-state index >= 15 is 0 Å². The predicted octanol–water partition coefficient (Wildman–Crippen LogP) is 11.6. The highest BCUT2D eigenvalue weighted by molar-refractivity contribution is 6.64. The number of carbonyl (C=O) groups excluding carboxylic acids is 8. The topological polar surface area (TPSA) is 293 Å². The normalized spacial score (nSPS) is 13.4. The van der Waals surface area contributed by atoms with Gasteiger partial charge in [0.15, 0.2) is 6.04 Å². The first-order chi connectivity index (χ1) is 49.3. The molecule has 0 aromatic heterocycles. The minimum atomic E-state index is -0.584. The highest BCUT2D eigenvalue weighted by atomic mass is 35.5. The standard InChI is InChI=1S/C27H43NO4.C21H34N2O2.C18H29NO.C13H20N2O2.C9H17ClO.CH4O.2ClH/c1-18(2)27(9,19(3)4)23(29)16-15-22(21-13-11-10-12-14-21)28-25(31)20(5)17-24(30)32-26(6,7)8;1-14(2)21(6,15(3)4)19(24)13-12-18(23-20(25)16(5)22)17-10-8-7-9-11-17;1-13(2)18(5,14(3)4)17(20)12-11-16(19)15-9-7-6-8-10-15;1-13(2,3)17-12(16)15-11(9-14)10-7-5-4-6-8-10;1-6(2)9(5,7(3)4)8(10)11;1-2;;/h10-14,18-20,22H,15-17H2,1-9H3,(H,28,31);7-11,14-16,18H,12-13,22H2,1-6H3,(H,23,25);6-10,13-14,16H,11-12,19H2,1-5H3;4-8,11H,9,14H2,1-3H3,(H,15,16);6-7H,1-5H3;2H,1H3;2*1H/t20-,22-;16-,18+;16-;11-;;;;/m1011..../s1. The fourth-order valence-electron chi connectivity index (χ4n) is 12.4. The van der Waals surface area contributed by atoms with E-state index in [2.05, 4.69) is 136 Å². The summed E-state index contributed by atoms with van der Waals surface area (Å²) in [6.07, 6.45) is 2.98. The number of ketones is 3. The van der Waals surface area contributed by atoms with Crippen molar-refractivity contribution in [1.29, 1.82) is 0 Å². The molecule has 0 aliphatic carbocycles. The maximum Gasteiger partial charge on any atom is 0.408 e. The second-order valence-corrected chi connectivity index (χ2v) is 34.4. The van der Waals surface area contributed by atoms with Gasteiger partial charge in [-0.1, -0.05) is 267 Å². The highest BCUT2D eigenvalue weighted by Crippen LogP contribution is 2.42. The molecule has 0 unspecified atom stereocenters. The first kappa shape index (κ1) is 109. The molecule has 4 aromatic rings. The quantitative estimate of drug-likeness (QED) is 0.0173. The number of quaternary nitrogens is 2. The van der Waals surface area contributed by atoms with E-state index in [0.29, 0.717) is 68.1 Å². The summed E-state index contributed by atoms with van der Waals surface area (Å²) < 4.78 is 10.5. The molecule has 0 aliphatic rings. The van der Waals surface area contributed by atoms with E-state index in [1.165, 1.54) is 5.56 Å². The van der Waals surface area contributed by atoms with Gasteiger partial charge in [-0.25, -0.2) is 4.79 Å². The van der Waals surface area contributed by atoms with Gasteiger partial charge >= 0.3 is 12.1 Å². The zero-order valence-electron chi connectivity index (χ0n) is 72.4. The Morgan fingerprint density at radius 3 is 0.908 bits per heavy atom. The molecule has 4 aromatic carbocycles. The molecule has 109 heavy (non-hydrogen) atoms. The Morgan fingerprint density at radius 2 is 0.661 bits per heavy atom. The van der Waals surface area contributed by atoms with Crippen LogP contribution < -0.4 is 58.0 Å². The molecule has 20 heteroatoms. The average molecular weight is 1590 g/mol. The van der Waals surface area contributed by atoms with Crippen molar-refractivity contribution >= 4 is 58.1 Å². The second-order valence-electron chi connectivity index (χ2n) is 34.0. The van der Waals surface area contributed by atoms with Crippen molar-refractivity contribution in [2.24, 2.45) is 80.7 Å². The largest absolute Gasteiger partial charge is 1.00 e. The van der Waals surface area contributed by atoms with Crippen LogP contribution in [0.5, 0.6) is 0 Å². The number of rotatable bonds is 33. The van der Waals surface area contributed by atoms with Crippen LogP contribution in [0.2, 0.25) is 0 Å². The van der Waals surface area contributed by atoms with Gasteiger partial charge in [-0.15, -0.1) is 0 Å². The molecule has 6 atom stereocenters. The molecular formula is C89H149Cl3N6O11. The van der Waals surface area contributed by atoms with Gasteiger partial charge in [0, 0.05) is 72.5 Å². The van der Waals surface area contributed by atoms with Crippen LogP contribution in [0.15, 0.2) is 121 Å². The Bertz CT molecular complexity index is 3190. The number of halogens is 3. The van der Waals surface area contributed by atoms with Crippen molar-refractivity contribution in [3.8, 4) is 0 Å². The van der Waals surface area contributed by atoms with E-state index in [-0.39, 0.29) is 130 Å². The molecule has 0 saturated heterocycles. The number of aliphatic hydroxyl groups is 1. The van der Waals surface area contributed by atoms with Crippen molar-refractivity contribution in [2.75, 3.05) is 13.7 Å². The molecule has 0 heterocycles. The number of nitrogens with one attached hydrogen (secondary N) is 3. The van der Waals surface area contributed by atoms with Crippen LogP contribution in [0.1, 0.15) is 285 Å². The summed E-state index contributed by atoms with van der Waals surface area (Å²) in [6, 6.07) is 38.6. The van der Waals surface area contributed by atoms with Crippen molar-refractivity contribution in [3.63, 3.8) is 0 Å². The lowest BCUT2D eigenvalue weighted by atomic mass is 9.66. The molecule has 17 nitrogen and oxygen atoms in total. The van der Waals surface area contributed by atoms with Gasteiger partial charge in [0.1, 0.15) is 34.6 Å². The molecule has 0 fully saturated rings. The first-order valence-electron chi connectivity index (χ1n) is 39.0. The number of nitrogens with two attached hydrogens (primary N) is 1. The zero-order valence-corrected chi connectivity index (χ0v) is 74.7. The molecule has 4 rings (SSSR count). The summed E-state index contributed by atoms with van der Waals surface area (Å²) in [7, 11) is 1.00. The van der Waals surface area contributed by atoms with Gasteiger partial charge in [0.2, 0.25) is 11.1 Å². The molecule has 0 bridgehead atoms. The van der Waals surface area contributed by atoms with Crippen molar-refractivity contribution in [3.05, 3.63) is 144 Å². The Hall–Kier alpha value is -6.05. The van der Waals surface area contributed by atoms with E-state index in [4.69, 9.17) is 31.9 Å². The number of ether oxygens (including phenoxy) is 2. The Morgan fingerprint density at radius 1 is 0.394 bits per heavy atom. The second kappa shape index (κ2) is 52.3. The lowest BCUT2D eigenvalue weighted by Crippen LogP contribution is -3.00. The molecule has 0 aliphatic heterocycles. The fourth-order valence-corrected chi connectivity index (χ4v) is 12.8. The average Bonchev–Trinajstić information content (AvgIpc) is 0.845. The maximum absolute atomic E-state index is 13.2. The van der Waals surface area contributed by atoms with Crippen LogP contribution in [0.25, 0.3) is 0 Å². The summed E-state index contributed by atoms with van der Waals surface area (Å²) in [4.78, 5) is 98.7. The molecular weight excluding hydrogens is 1440 g/mol. The van der Waals surface area contributed by atoms with E-state index in [0.717, 1.165) is 30.2 Å². The molecule has 0 radical (unpaired) electrons. The number of alkyl carbamates (subject to hydrolysis) is 1. The summed E-state index contributed by atoms with van der Waals surface area (Å²) in [5, 5.41) is 15.6. The third-order valence-electron chi connectivity index (χ3n) is 22.1. The third-order valence-corrected chi connectivity index (χ3v) is 22.5. The van der Waals surface area contributed by atoms with Crippen molar-refractivity contribution < 1.29 is 89.2 Å². The van der Waals surface area contributed by atoms with Crippen LogP contribution in [0.3, 0.4) is 0 Å². The Labute approximate surface area is 677 Å². The van der Waals surface area contributed by atoms with E-state index < -0.39 is 34.6 Å². The molecule has 0 spiro atoms. The number of carbonyl (C=O) groups is 8. The van der Waals surface area contributed by atoms with Crippen molar-refractivity contribution in [2.45, 2.75) is 280 Å². The van der Waals surface area contributed by atoms with Gasteiger partial charge < -0.3 is 72.5 Å². The molecule has 12 N–H and O–H groups in total. The molecule has 0 saturated carbocycles. The predicted molar refractivity (Wildman–Crippen MR) is 439 cm³/mol. The van der Waals surface area contributed by atoms with Gasteiger partial charge in [0.05, 0.1) is 24.5 Å². The minimum absolute atomic E-state index is 0. The number of amides is 3. The van der Waals surface area contributed by atoms with Gasteiger partial charge in [-0.05, 0) is 137 Å². The summed E-state index contributed by atoms with van der Waals surface area (Å²) in [5.41, 5.74) is 15.4. The number of hydrogen-bond donors (Lipinski definition) is 7. The Kier molecular flexibility index (Phi) is 52.4. The van der Waals surface area contributed by atoms with Gasteiger partial charge in [0.25, 0.3) is 5.91 Å². The third kappa shape index (κ3) is 37.4. The number of Topliss-reactive ketones (excluding diaryl/α,β-unsaturated/α-hetero) is 3. The first-order valence-corrected chi connectivity index (χ1v) is 39.3. The lowest BCUT2D eigenvalue weighted by molar-refractivity contribution is -0.427. The van der Waals surface area contributed by atoms with Gasteiger partial charge in [-0.3, -0.25) is 33.6 Å². The van der Waals surface area contributed by atoms with E-state index in [9.17, 15) is 38.4 Å². The SMILES string of the molecule is CC(C)(C)OC(=O)N[C@H](CN)c1ccccc1.CC(C)C(C)(C(=O)CC[C@@H](NC(=O)[C@H](C)CC(=O)OC(C)(C)C)c1ccccc1)C(C)C.CC(C)C(C)(C(=O)CC[C@@H](NC(=O)[C@H](C)[NH3+])c1ccccc1)C(C)C.CC(C)C(C)(C(=O)CC[C@@H]([NH3+])c1ccccc1)C(C)C.CC(C)C(C)(C(=O)Cl)C(C)C.CO.[Cl-].[Cl-]. The summed E-state index contributed by atoms with van der Waals surface area (Å²) in [6.45, 7) is 56.4.